The van der Waals surface area contributed by atoms with Crippen molar-refractivity contribution in [3.8, 4) is 5.75 Å². The van der Waals surface area contributed by atoms with Crippen LogP contribution in [0.25, 0.3) is 0 Å². The molecule has 0 N–H and O–H groups in total. The maximum atomic E-state index is 14.1. The highest BCUT2D eigenvalue weighted by Gasteiger charge is 2.13. The number of aliphatic imine (C=N–C) groups is 1. The monoisotopic (exact) mass is 329 g/mol. The van der Waals surface area contributed by atoms with Gasteiger partial charge >= 0.3 is 0 Å². The number of benzene rings is 2. The summed E-state index contributed by atoms with van der Waals surface area (Å²) in [5, 5.41) is 0. The molecule has 0 bridgehead atoms. The molecular weight excluding hydrogens is 305 g/mol. The van der Waals surface area contributed by atoms with Crippen molar-refractivity contribution in [1.29, 1.82) is 0 Å². The Morgan fingerprint density at radius 2 is 1.96 bits per heavy atom. The predicted octanol–water partition coefficient (Wildman–Crippen LogP) is 4.52. The van der Waals surface area contributed by atoms with Crippen LogP contribution in [0.4, 0.5) is 21.5 Å². The molecule has 0 atom stereocenters. The van der Waals surface area contributed by atoms with Gasteiger partial charge in [-0.1, -0.05) is 6.07 Å². The zero-order valence-electron chi connectivity index (χ0n) is 14.9. The normalized spacial score (nSPS) is 10.9. The molecule has 2 aromatic rings. The van der Waals surface area contributed by atoms with Gasteiger partial charge in [-0.2, -0.15) is 0 Å². The molecule has 0 saturated heterocycles. The van der Waals surface area contributed by atoms with Crippen LogP contribution in [0.5, 0.6) is 5.75 Å². The minimum atomic E-state index is -0.309. The minimum Gasteiger partial charge on any atom is -0.497 e. The Balaban J connectivity index is 2.42. The Hall–Kier alpha value is -2.56. The summed E-state index contributed by atoms with van der Waals surface area (Å²) in [5.74, 6) is 0.452. The third kappa shape index (κ3) is 4.04. The zero-order valence-corrected chi connectivity index (χ0v) is 14.9. The van der Waals surface area contributed by atoms with Gasteiger partial charge in [0.15, 0.2) is 0 Å². The van der Waals surface area contributed by atoms with Gasteiger partial charge in [0, 0.05) is 38.1 Å². The van der Waals surface area contributed by atoms with Gasteiger partial charge in [0.1, 0.15) is 11.6 Å². The van der Waals surface area contributed by atoms with E-state index in [0.717, 1.165) is 29.2 Å². The first kappa shape index (κ1) is 17.8. The van der Waals surface area contributed by atoms with Crippen LogP contribution >= 0.6 is 0 Å². The summed E-state index contributed by atoms with van der Waals surface area (Å²) < 4.78 is 19.4. The van der Waals surface area contributed by atoms with Crippen LogP contribution in [0.15, 0.2) is 41.4 Å². The molecule has 0 saturated carbocycles. The lowest BCUT2D eigenvalue weighted by Gasteiger charge is -2.23. The van der Waals surface area contributed by atoms with E-state index in [1.807, 2.05) is 62.0 Å². The van der Waals surface area contributed by atoms with E-state index < -0.39 is 0 Å². The fourth-order valence-corrected chi connectivity index (χ4v) is 2.33. The molecular formula is C19H24FN3O. The van der Waals surface area contributed by atoms with Gasteiger partial charge in [0.25, 0.3) is 0 Å². The Morgan fingerprint density at radius 3 is 2.62 bits per heavy atom. The van der Waals surface area contributed by atoms with Crippen molar-refractivity contribution in [2.24, 2.45) is 4.99 Å². The molecule has 4 nitrogen and oxygen atoms in total. The van der Waals surface area contributed by atoms with Gasteiger partial charge in [-0.05, 0) is 43.7 Å². The first-order valence-electron chi connectivity index (χ1n) is 7.88. The molecule has 0 aliphatic heterocycles. The number of halogens is 1. The molecule has 0 unspecified atom stereocenters. The van der Waals surface area contributed by atoms with Crippen molar-refractivity contribution in [3.63, 3.8) is 0 Å². The lowest BCUT2D eigenvalue weighted by atomic mass is 10.1. The number of hydrogen-bond acceptors (Lipinski definition) is 3. The van der Waals surface area contributed by atoms with Crippen molar-refractivity contribution < 1.29 is 9.13 Å². The smallest absolute Gasteiger partial charge is 0.127 e. The van der Waals surface area contributed by atoms with Crippen LogP contribution in [0.1, 0.15) is 12.5 Å². The molecule has 0 amide bonds. The van der Waals surface area contributed by atoms with E-state index in [1.165, 1.54) is 12.1 Å². The molecule has 24 heavy (non-hydrogen) atoms. The SMILES string of the molecule is CCN(C)C=Nc1cc(F)cc(N(C)c2cccc(OC)c2)c1C. The molecule has 0 aliphatic carbocycles. The molecule has 2 aromatic carbocycles. The first-order chi connectivity index (χ1) is 11.5. The number of anilines is 2. The highest BCUT2D eigenvalue weighted by molar-refractivity contribution is 5.73. The van der Waals surface area contributed by atoms with E-state index in [1.54, 1.807) is 13.4 Å². The summed E-state index contributed by atoms with van der Waals surface area (Å²) in [5.41, 5.74) is 3.24. The van der Waals surface area contributed by atoms with E-state index in [0.29, 0.717) is 5.69 Å². The van der Waals surface area contributed by atoms with Crippen LogP contribution in [-0.2, 0) is 0 Å². The number of nitrogens with zero attached hydrogens (tertiary/aromatic N) is 3. The molecule has 0 aliphatic rings. The van der Waals surface area contributed by atoms with Gasteiger partial charge in [-0.25, -0.2) is 9.38 Å². The maximum Gasteiger partial charge on any atom is 0.127 e. The van der Waals surface area contributed by atoms with Crippen LogP contribution < -0.4 is 9.64 Å². The van der Waals surface area contributed by atoms with Crippen LogP contribution in [-0.4, -0.2) is 39.0 Å². The van der Waals surface area contributed by atoms with Crippen molar-refractivity contribution in [2.75, 3.05) is 32.6 Å². The molecule has 128 valence electrons. The summed E-state index contributed by atoms with van der Waals surface area (Å²) >= 11 is 0. The lowest BCUT2D eigenvalue weighted by Crippen LogP contribution is -2.14. The maximum absolute atomic E-state index is 14.1. The van der Waals surface area contributed by atoms with Gasteiger partial charge in [-0.3, -0.25) is 0 Å². The van der Waals surface area contributed by atoms with Gasteiger partial charge in [0.05, 0.1) is 19.1 Å². The lowest BCUT2D eigenvalue weighted by molar-refractivity contribution is 0.415. The zero-order chi connectivity index (χ0) is 17.7. The topological polar surface area (TPSA) is 28.1 Å². The first-order valence-corrected chi connectivity index (χ1v) is 7.88. The number of ether oxygens (including phenoxy) is 1. The summed E-state index contributed by atoms with van der Waals surface area (Å²) in [4.78, 5) is 8.29. The second kappa shape index (κ2) is 7.81. The third-order valence-electron chi connectivity index (χ3n) is 4.01. The molecule has 0 spiro atoms. The van der Waals surface area contributed by atoms with E-state index in [9.17, 15) is 4.39 Å². The molecule has 2 rings (SSSR count). The second-order valence-electron chi connectivity index (χ2n) is 5.65. The third-order valence-corrected chi connectivity index (χ3v) is 4.01. The number of hydrogen-bond donors (Lipinski definition) is 0. The van der Waals surface area contributed by atoms with E-state index in [-0.39, 0.29) is 5.82 Å². The van der Waals surface area contributed by atoms with Crippen molar-refractivity contribution >= 4 is 23.4 Å². The van der Waals surface area contributed by atoms with Crippen molar-refractivity contribution in [1.82, 2.24) is 4.90 Å². The molecule has 0 aromatic heterocycles. The van der Waals surface area contributed by atoms with E-state index >= 15 is 0 Å². The Morgan fingerprint density at radius 1 is 1.21 bits per heavy atom. The van der Waals surface area contributed by atoms with Gasteiger partial charge in [0.2, 0.25) is 0 Å². The second-order valence-corrected chi connectivity index (χ2v) is 5.65. The van der Waals surface area contributed by atoms with Crippen molar-refractivity contribution in [3.05, 3.63) is 47.8 Å². The molecule has 0 radical (unpaired) electrons. The van der Waals surface area contributed by atoms with E-state index in [2.05, 4.69) is 4.99 Å². The average Bonchev–Trinajstić information content (AvgIpc) is 2.61. The summed E-state index contributed by atoms with van der Waals surface area (Å²) in [6.45, 7) is 4.82. The fourth-order valence-electron chi connectivity index (χ4n) is 2.33. The largest absolute Gasteiger partial charge is 0.497 e. The Kier molecular flexibility index (Phi) is 5.79. The Labute approximate surface area is 143 Å². The predicted molar refractivity (Wildman–Crippen MR) is 98.7 cm³/mol. The van der Waals surface area contributed by atoms with Gasteiger partial charge < -0.3 is 14.5 Å². The van der Waals surface area contributed by atoms with Crippen LogP contribution in [0, 0.1) is 12.7 Å². The average molecular weight is 329 g/mol. The van der Waals surface area contributed by atoms with Gasteiger partial charge in [-0.15, -0.1) is 0 Å². The molecule has 5 heteroatoms. The summed E-state index contributed by atoms with van der Waals surface area (Å²) in [7, 11) is 5.47. The highest BCUT2D eigenvalue weighted by Crippen LogP contribution is 2.34. The van der Waals surface area contributed by atoms with E-state index in [4.69, 9.17) is 4.74 Å². The highest BCUT2D eigenvalue weighted by atomic mass is 19.1. The van der Waals surface area contributed by atoms with Crippen LogP contribution in [0.3, 0.4) is 0 Å². The molecule has 0 heterocycles. The minimum absolute atomic E-state index is 0.309. The number of methoxy groups -OCH3 is 1. The van der Waals surface area contributed by atoms with Crippen molar-refractivity contribution in [2.45, 2.75) is 13.8 Å². The Bertz CT molecular complexity index is 731. The fraction of sp³-hybridized carbons (Fsp3) is 0.316. The molecule has 0 fully saturated rings. The standard InChI is InChI=1S/C19H24FN3O/c1-6-22(3)13-21-18-10-15(20)11-19(14(18)2)23(4)16-8-7-9-17(12-16)24-5/h7-13H,6H2,1-5H3. The summed E-state index contributed by atoms with van der Waals surface area (Å²) in [6.07, 6.45) is 1.72. The summed E-state index contributed by atoms with van der Waals surface area (Å²) in [6, 6.07) is 10.6. The quantitative estimate of drug-likeness (QED) is 0.576. The van der Waals surface area contributed by atoms with Crippen LogP contribution in [0.2, 0.25) is 0 Å². The number of rotatable bonds is 6.